The van der Waals surface area contributed by atoms with Gasteiger partial charge in [0.05, 0.1) is 31.1 Å². The number of amides is 1. The third-order valence-electron chi connectivity index (χ3n) is 7.83. The number of ether oxygens (including phenoxy) is 1. The molecule has 1 atom stereocenters. The summed E-state index contributed by atoms with van der Waals surface area (Å²) >= 11 is 6.73. The number of halogens is 1. The van der Waals surface area contributed by atoms with Crippen molar-refractivity contribution in [1.29, 1.82) is 0 Å². The summed E-state index contributed by atoms with van der Waals surface area (Å²) in [5.74, 6) is 2.74. The van der Waals surface area contributed by atoms with Crippen LogP contribution < -0.4 is 15.8 Å². The number of rotatable bonds is 10. The molecule has 1 N–H and O–H groups in total. The number of anilines is 1. The minimum absolute atomic E-state index is 0.199. The Morgan fingerprint density at radius 3 is 2.73 bits per heavy atom. The normalized spacial score (nSPS) is 14.7. The van der Waals surface area contributed by atoms with E-state index >= 15 is 0 Å². The average Bonchev–Trinajstić information content (AvgIpc) is 3.51. The number of carbonyl (C=O) groups excluding carboxylic acids is 2. The van der Waals surface area contributed by atoms with Crippen molar-refractivity contribution in [1.82, 2.24) is 24.8 Å². The van der Waals surface area contributed by atoms with Gasteiger partial charge in [-0.3, -0.25) is 28.8 Å². The van der Waals surface area contributed by atoms with E-state index in [-0.39, 0.29) is 30.0 Å². The third kappa shape index (κ3) is 6.75. The average molecular weight is 613 g/mol. The lowest BCUT2D eigenvalue weighted by molar-refractivity contribution is -0.146. The molecule has 0 unspecified atom stereocenters. The van der Waals surface area contributed by atoms with Gasteiger partial charge in [0, 0.05) is 48.8 Å². The maximum absolute atomic E-state index is 13.5. The molecule has 4 aromatic rings. The maximum Gasteiger partial charge on any atom is 0.323 e. The fraction of sp³-hybridized carbons (Fsp3) is 0.303. The van der Waals surface area contributed by atoms with Gasteiger partial charge in [-0.05, 0) is 73.0 Å². The van der Waals surface area contributed by atoms with Gasteiger partial charge in [-0.2, -0.15) is 0 Å². The highest BCUT2D eigenvalue weighted by Crippen LogP contribution is 2.27. The van der Waals surface area contributed by atoms with Crippen LogP contribution in [0.1, 0.15) is 40.2 Å². The van der Waals surface area contributed by atoms with Crippen molar-refractivity contribution >= 4 is 40.1 Å². The van der Waals surface area contributed by atoms with Crippen LogP contribution in [-0.2, 0) is 36.2 Å². The molecular weight excluding hydrogens is 580 g/mol. The minimum Gasteiger partial charge on any atom is -0.468 e. The Morgan fingerprint density at radius 1 is 1.23 bits per heavy atom. The molecule has 2 aromatic heterocycles. The molecule has 11 heteroatoms. The molecule has 1 saturated heterocycles. The van der Waals surface area contributed by atoms with Crippen molar-refractivity contribution in [2.45, 2.75) is 38.5 Å². The van der Waals surface area contributed by atoms with Crippen LogP contribution in [0.15, 0.2) is 65.7 Å². The Labute approximate surface area is 260 Å². The second-order valence-corrected chi connectivity index (χ2v) is 11.1. The number of fused-ring (bicyclic) bond motifs is 1. The van der Waals surface area contributed by atoms with Crippen LogP contribution >= 0.6 is 11.6 Å². The molecule has 1 amide bonds. The first-order chi connectivity index (χ1) is 21.3. The SMILES string of the molecule is C#CCN(Cc1cc2c(=O)n(C)c(CN3CCC[C@H]3C(=O)OC)nc2cc1Cl)c1ccc(C(=O)NCc2cccnc2)cc1. The van der Waals surface area contributed by atoms with Crippen LogP contribution in [0.2, 0.25) is 5.02 Å². The predicted octanol–water partition coefficient (Wildman–Crippen LogP) is 3.69. The fourth-order valence-corrected chi connectivity index (χ4v) is 5.63. The van der Waals surface area contributed by atoms with Gasteiger partial charge in [0.25, 0.3) is 11.5 Å². The molecule has 1 aliphatic heterocycles. The van der Waals surface area contributed by atoms with Gasteiger partial charge in [-0.1, -0.05) is 23.6 Å². The Morgan fingerprint density at radius 2 is 2.02 bits per heavy atom. The number of hydrogen-bond acceptors (Lipinski definition) is 8. The molecule has 5 rings (SSSR count). The summed E-state index contributed by atoms with van der Waals surface area (Å²) < 4.78 is 6.47. The standard InChI is InChI=1S/C33H33ClN6O4/c1-4-14-39(25-11-9-23(10-12-25)31(41)36-19-22-7-5-13-35-18-22)20-24-16-26-28(17-27(24)34)37-30(38(2)32(26)42)21-40-15-6-8-29(40)33(43)44-3/h1,5,7,9-13,16-18,29H,6,8,14-15,19-21H2,2-3H3,(H,36,41)/t29-/m0/s1. The summed E-state index contributed by atoms with van der Waals surface area (Å²) in [6.07, 6.45) is 10.7. The Balaban J connectivity index is 1.34. The third-order valence-corrected chi connectivity index (χ3v) is 8.18. The van der Waals surface area contributed by atoms with Crippen molar-refractivity contribution < 1.29 is 14.3 Å². The van der Waals surface area contributed by atoms with E-state index in [1.165, 1.54) is 11.7 Å². The van der Waals surface area contributed by atoms with Gasteiger partial charge >= 0.3 is 5.97 Å². The van der Waals surface area contributed by atoms with Crippen LogP contribution in [0, 0.1) is 12.3 Å². The zero-order chi connectivity index (χ0) is 31.2. The number of nitrogens with one attached hydrogen (secondary N) is 1. The van der Waals surface area contributed by atoms with E-state index in [1.807, 2.05) is 34.1 Å². The van der Waals surface area contributed by atoms with Gasteiger partial charge in [0.1, 0.15) is 11.9 Å². The Hall–Kier alpha value is -4.72. The molecule has 0 aliphatic carbocycles. The van der Waals surface area contributed by atoms with E-state index in [1.54, 1.807) is 43.7 Å². The molecule has 0 bridgehead atoms. The molecule has 0 saturated carbocycles. The van der Waals surface area contributed by atoms with Crippen molar-refractivity contribution in [3.8, 4) is 12.3 Å². The molecule has 226 valence electrons. The smallest absolute Gasteiger partial charge is 0.323 e. The second kappa shape index (κ2) is 13.7. The summed E-state index contributed by atoms with van der Waals surface area (Å²) in [6, 6.07) is 14.0. The van der Waals surface area contributed by atoms with Gasteiger partial charge in [0.2, 0.25) is 0 Å². The van der Waals surface area contributed by atoms with Crippen LogP contribution in [0.4, 0.5) is 5.69 Å². The number of nitrogens with zero attached hydrogens (tertiary/aromatic N) is 5. The van der Waals surface area contributed by atoms with Gasteiger partial charge in [-0.25, -0.2) is 4.98 Å². The van der Waals surface area contributed by atoms with Gasteiger partial charge < -0.3 is 15.0 Å². The number of carbonyl (C=O) groups is 2. The summed E-state index contributed by atoms with van der Waals surface area (Å²) in [7, 11) is 3.06. The van der Waals surface area contributed by atoms with E-state index in [4.69, 9.17) is 27.7 Å². The minimum atomic E-state index is -0.351. The fourth-order valence-electron chi connectivity index (χ4n) is 5.41. The molecule has 44 heavy (non-hydrogen) atoms. The van der Waals surface area contributed by atoms with Gasteiger partial charge in [-0.15, -0.1) is 6.42 Å². The molecule has 1 fully saturated rings. The first-order valence-electron chi connectivity index (χ1n) is 14.2. The van der Waals surface area contributed by atoms with Gasteiger partial charge in [0.15, 0.2) is 0 Å². The summed E-state index contributed by atoms with van der Waals surface area (Å²) in [5, 5.41) is 3.78. The van der Waals surface area contributed by atoms with Crippen molar-refractivity contribution in [2.75, 3.05) is 25.1 Å². The molecule has 2 aromatic carbocycles. The predicted molar refractivity (Wildman–Crippen MR) is 169 cm³/mol. The molecule has 10 nitrogen and oxygen atoms in total. The van der Waals surface area contributed by atoms with Crippen LogP contribution in [0.5, 0.6) is 0 Å². The highest BCUT2D eigenvalue weighted by atomic mass is 35.5. The zero-order valence-corrected chi connectivity index (χ0v) is 25.4. The number of benzene rings is 2. The monoisotopic (exact) mass is 612 g/mol. The van der Waals surface area contributed by atoms with E-state index in [0.29, 0.717) is 58.9 Å². The molecule has 3 heterocycles. The van der Waals surface area contributed by atoms with Crippen molar-refractivity contribution in [2.24, 2.45) is 7.05 Å². The Bertz CT molecular complexity index is 1770. The quantitative estimate of drug-likeness (QED) is 0.213. The first-order valence-corrected chi connectivity index (χ1v) is 14.6. The number of esters is 1. The van der Waals surface area contributed by atoms with Crippen molar-refractivity contribution in [3.05, 3.63) is 98.8 Å². The first kappa shape index (κ1) is 30.7. The second-order valence-electron chi connectivity index (χ2n) is 10.7. The lowest BCUT2D eigenvalue weighted by Gasteiger charge is -2.24. The number of terminal acetylenes is 1. The number of methoxy groups -OCH3 is 1. The van der Waals surface area contributed by atoms with Crippen molar-refractivity contribution in [3.63, 3.8) is 0 Å². The highest BCUT2D eigenvalue weighted by molar-refractivity contribution is 6.32. The highest BCUT2D eigenvalue weighted by Gasteiger charge is 2.32. The largest absolute Gasteiger partial charge is 0.468 e. The molecule has 0 spiro atoms. The number of likely N-dealkylation sites (tertiary alicyclic amines) is 1. The van der Waals surface area contributed by atoms with E-state index < -0.39 is 0 Å². The lowest BCUT2D eigenvalue weighted by Crippen LogP contribution is -2.38. The molecular formula is C33H33ClN6O4. The molecule has 1 aliphatic rings. The van der Waals surface area contributed by atoms with Crippen LogP contribution in [0.25, 0.3) is 10.9 Å². The summed E-state index contributed by atoms with van der Waals surface area (Å²) in [4.78, 5) is 51.1. The summed E-state index contributed by atoms with van der Waals surface area (Å²) in [5.41, 5.74) is 3.21. The molecule has 0 radical (unpaired) electrons. The van der Waals surface area contributed by atoms with E-state index in [0.717, 1.165) is 24.2 Å². The van der Waals surface area contributed by atoms with E-state index in [2.05, 4.69) is 16.2 Å². The van der Waals surface area contributed by atoms with E-state index in [9.17, 15) is 14.4 Å². The zero-order valence-electron chi connectivity index (χ0n) is 24.6. The van der Waals surface area contributed by atoms with Crippen LogP contribution in [-0.4, -0.2) is 57.6 Å². The van der Waals surface area contributed by atoms with Crippen LogP contribution in [0.3, 0.4) is 0 Å². The number of hydrogen-bond donors (Lipinski definition) is 1. The Kier molecular flexibility index (Phi) is 9.58. The number of pyridine rings is 1. The number of aromatic nitrogens is 3. The summed E-state index contributed by atoms with van der Waals surface area (Å²) in [6.45, 7) is 2.06. The lowest BCUT2D eigenvalue weighted by atomic mass is 10.1. The topological polar surface area (TPSA) is 110 Å². The maximum atomic E-state index is 13.5.